The molecule has 6 nitrogen and oxygen atoms in total. The van der Waals surface area contributed by atoms with E-state index in [1.54, 1.807) is 12.1 Å². The lowest BCUT2D eigenvalue weighted by Crippen LogP contribution is -2.27. The fourth-order valence-electron chi connectivity index (χ4n) is 1.72. The Bertz CT molecular complexity index is 585. The van der Waals surface area contributed by atoms with E-state index in [4.69, 9.17) is 10.9 Å². The average molecular weight is 313 g/mol. The maximum Gasteiger partial charge on any atom is 0.179 e. The molecular formula is C14H23N3O3S. The Morgan fingerprint density at radius 3 is 2.81 bits per heavy atom. The topological polar surface area (TPSA) is 105 Å². The number of rotatable bonds is 8. The maximum absolute atomic E-state index is 12.2. The third kappa shape index (κ3) is 5.35. The molecule has 0 aromatic heterocycles. The summed E-state index contributed by atoms with van der Waals surface area (Å²) >= 11 is 0. The molecule has 1 atom stereocenters. The number of benzene rings is 1. The molecule has 0 saturated carbocycles. The van der Waals surface area contributed by atoms with Crippen molar-refractivity contribution in [3.05, 3.63) is 29.8 Å². The summed E-state index contributed by atoms with van der Waals surface area (Å²) in [6.45, 7) is 5.42. The Balaban J connectivity index is 2.70. The van der Waals surface area contributed by atoms with Crippen molar-refractivity contribution in [2.45, 2.75) is 25.2 Å². The molecule has 0 aliphatic carbocycles. The zero-order valence-corrected chi connectivity index (χ0v) is 13.2. The Morgan fingerprint density at radius 1 is 1.48 bits per heavy atom. The molecule has 0 aliphatic rings. The third-order valence-electron chi connectivity index (χ3n) is 3.33. The van der Waals surface area contributed by atoms with Gasteiger partial charge >= 0.3 is 0 Å². The Labute approximate surface area is 126 Å². The van der Waals surface area contributed by atoms with Crippen molar-refractivity contribution in [2.24, 2.45) is 16.8 Å². The van der Waals surface area contributed by atoms with E-state index in [9.17, 15) is 8.42 Å². The highest BCUT2D eigenvalue weighted by Gasteiger charge is 2.15. The van der Waals surface area contributed by atoms with Gasteiger partial charge in [0.15, 0.2) is 15.7 Å². The van der Waals surface area contributed by atoms with Crippen molar-refractivity contribution in [3.8, 4) is 0 Å². The molecule has 0 amide bonds. The van der Waals surface area contributed by atoms with Crippen molar-refractivity contribution >= 4 is 15.7 Å². The first-order valence-electron chi connectivity index (χ1n) is 6.92. The highest BCUT2D eigenvalue weighted by molar-refractivity contribution is 7.91. The molecule has 1 aromatic rings. The number of nitrogens with zero attached hydrogens (tertiary/aromatic N) is 1. The highest BCUT2D eigenvalue weighted by Crippen LogP contribution is 2.13. The molecule has 1 aromatic carbocycles. The van der Waals surface area contributed by atoms with Gasteiger partial charge in [-0.05, 0) is 24.6 Å². The number of nitrogens with two attached hydrogens (primary N) is 1. The second kappa shape index (κ2) is 7.99. The molecule has 0 saturated heterocycles. The summed E-state index contributed by atoms with van der Waals surface area (Å²) in [6, 6.07) is 6.10. The smallest absolute Gasteiger partial charge is 0.179 e. The van der Waals surface area contributed by atoms with Crippen LogP contribution in [0, 0.1) is 5.92 Å². The summed E-state index contributed by atoms with van der Waals surface area (Å²) in [6.07, 6.45) is 1.06. The quantitative estimate of drug-likeness (QED) is 0.220. The molecular weight excluding hydrogens is 290 g/mol. The van der Waals surface area contributed by atoms with Crippen LogP contribution in [0.25, 0.3) is 0 Å². The lowest BCUT2D eigenvalue weighted by atomic mass is 10.1. The van der Waals surface area contributed by atoms with Gasteiger partial charge in [0.05, 0.1) is 10.6 Å². The van der Waals surface area contributed by atoms with E-state index >= 15 is 0 Å². The fraction of sp³-hybridized carbons (Fsp3) is 0.500. The molecule has 118 valence electrons. The molecule has 1 unspecified atom stereocenters. The van der Waals surface area contributed by atoms with Gasteiger partial charge in [0.25, 0.3) is 0 Å². The van der Waals surface area contributed by atoms with Crippen LogP contribution in [0.1, 0.15) is 25.8 Å². The lowest BCUT2D eigenvalue weighted by molar-refractivity contribution is 0.318. The van der Waals surface area contributed by atoms with Gasteiger partial charge in [-0.2, -0.15) is 0 Å². The van der Waals surface area contributed by atoms with Crippen molar-refractivity contribution in [1.29, 1.82) is 0 Å². The summed E-state index contributed by atoms with van der Waals surface area (Å²) in [7, 11) is -3.38. The van der Waals surface area contributed by atoms with E-state index in [1.165, 1.54) is 12.1 Å². The van der Waals surface area contributed by atoms with Crippen LogP contribution in [-0.4, -0.2) is 38.3 Å². The Morgan fingerprint density at radius 2 is 2.19 bits per heavy atom. The number of hydrogen-bond acceptors (Lipinski definition) is 5. The molecule has 0 radical (unpaired) electrons. The first kappa shape index (κ1) is 17.5. The van der Waals surface area contributed by atoms with Gasteiger partial charge in [-0.25, -0.2) is 8.42 Å². The van der Waals surface area contributed by atoms with Crippen molar-refractivity contribution in [1.82, 2.24) is 5.32 Å². The zero-order chi connectivity index (χ0) is 15.9. The number of amidine groups is 1. The number of nitrogens with one attached hydrogen (secondary N) is 1. The van der Waals surface area contributed by atoms with Gasteiger partial charge in [0.1, 0.15) is 0 Å². The minimum atomic E-state index is -3.38. The van der Waals surface area contributed by atoms with E-state index < -0.39 is 9.84 Å². The van der Waals surface area contributed by atoms with E-state index in [0.29, 0.717) is 18.0 Å². The number of oxime groups is 1. The molecule has 0 aliphatic heterocycles. The molecule has 0 heterocycles. The fourth-order valence-corrected chi connectivity index (χ4v) is 2.96. The molecule has 0 fully saturated rings. The van der Waals surface area contributed by atoms with Crippen LogP contribution in [0.3, 0.4) is 0 Å². The minimum Gasteiger partial charge on any atom is -0.409 e. The Kier molecular flexibility index (Phi) is 6.64. The van der Waals surface area contributed by atoms with Crippen LogP contribution in [0.15, 0.2) is 34.3 Å². The van der Waals surface area contributed by atoms with Gasteiger partial charge < -0.3 is 16.3 Å². The molecule has 4 N–H and O–H groups in total. The summed E-state index contributed by atoms with van der Waals surface area (Å²) < 4.78 is 24.5. The molecule has 1 rings (SSSR count). The van der Waals surface area contributed by atoms with E-state index in [-0.39, 0.29) is 16.5 Å². The van der Waals surface area contributed by atoms with Gasteiger partial charge in [-0.1, -0.05) is 37.6 Å². The standard InChI is InChI=1S/C14H23N3O3S/c1-3-11(2)10-16-7-8-21(19,20)13-6-4-5-12(9-13)14(15)17-18/h4-6,9,11,16,18H,3,7-8,10H2,1-2H3,(H2,15,17). The highest BCUT2D eigenvalue weighted by atomic mass is 32.2. The predicted octanol–water partition coefficient (Wildman–Crippen LogP) is 1.19. The van der Waals surface area contributed by atoms with E-state index in [0.717, 1.165) is 13.0 Å². The zero-order valence-electron chi connectivity index (χ0n) is 12.4. The van der Waals surface area contributed by atoms with Crippen molar-refractivity contribution < 1.29 is 13.6 Å². The van der Waals surface area contributed by atoms with Crippen molar-refractivity contribution in [2.75, 3.05) is 18.8 Å². The molecule has 0 bridgehead atoms. The van der Waals surface area contributed by atoms with Gasteiger partial charge in [-0.3, -0.25) is 0 Å². The maximum atomic E-state index is 12.2. The van der Waals surface area contributed by atoms with Crippen LogP contribution < -0.4 is 11.1 Å². The lowest BCUT2D eigenvalue weighted by Gasteiger charge is -2.10. The molecule has 21 heavy (non-hydrogen) atoms. The first-order valence-corrected chi connectivity index (χ1v) is 8.57. The van der Waals surface area contributed by atoms with Crippen LogP contribution in [-0.2, 0) is 9.84 Å². The van der Waals surface area contributed by atoms with Crippen molar-refractivity contribution in [3.63, 3.8) is 0 Å². The van der Waals surface area contributed by atoms with Crippen LogP contribution in [0.5, 0.6) is 0 Å². The monoisotopic (exact) mass is 313 g/mol. The van der Waals surface area contributed by atoms with Crippen LogP contribution in [0.2, 0.25) is 0 Å². The van der Waals surface area contributed by atoms with Crippen LogP contribution >= 0.6 is 0 Å². The number of sulfone groups is 1. The molecule has 0 spiro atoms. The largest absolute Gasteiger partial charge is 0.409 e. The molecule has 7 heteroatoms. The summed E-state index contributed by atoms with van der Waals surface area (Å²) in [5, 5.41) is 14.7. The number of hydrogen-bond donors (Lipinski definition) is 3. The Hall–Kier alpha value is -1.60. The predicted molar refractivity (Wildman–Crippen MR) is 83.3 cm³/mol. The van der Waals surface area contributed by atoms with Gasteiger partial charge in [0, 0.05) is 12.1 Å². The summed E-state index contributed by atoms with van der Waals surface area (Å²) in [5.74, 6) is 0.432. The van der Waals surface area contributed by atoms with E-state index in [1.807, 2.05) is 0 Å². The third-order valence-corrected chi connectivity index (χ3v) is 5.05. The summed E-state index contributed by atoms with van der Waals surface area (Å²) in [5.41, 5.74) is 5.85. The van der Waals surface area contributed by atoms with E-state index in [2.05, 4.69) is 24.3 Å². The first-order chi connectivity index (χ1) is 9.90. The van der Waals surface area contributed by atoms with Gasteiger partial charge in [-0.15, -0.1) is 0 Å². The summed E-state index contributed by atoms with van der Waals surface area (Å²) in [4.78, 5) is 0.178. The van der Waals surface area contributed by atoms with Gasteiger partial charge in [0.2, 0.25) is 0 Å². The minimum absolute atomic E-state index is 0.0169. The second-order valence-electron chi connectivity index (χ2n) is 5.05. The van der Waals surface area contributed by atoms with Crippen LogP contribution in [0.4, 0.5) is 0 Å². The average Bonchev–Trinajstić information content (AvgIpc) is 2.50. The SMILES string of the molecule is CCC(C)CNCCS(=O)(=O)c1cccc(/C(N)=N/O)c1. The normalized spacial score (nSPS) is 14.1. The second-order valence-corrected chi connectivity index (χ2v) is 7.16.